The van der Waals surface area contributed by atoms with Crippen molar-refractivity contribution in [3.05, 3.63) is 0 Å². The second-order valence-corrected chi connectivity index (χ2v) is 6.10. The molecule has 0 bridgehead atoms. The number of nitrogens with two attached hydrogens (primary N) is 1. The van der Waals surface area contributed by atoms with Gasteiger partial charge < -0.3 is 10.6 Å². The van der Waals surface area contributed by atoms with E-state index in [1.807, 2.05) is 0 Å². The lowest BCUT2D eigenvalue weighted by molar-refractivity contribution is -0.139. The molecule has 2 rings (SSSR count). The standard InChI is InChI=1S/C14H26N2O/c1-10-6-8-16(9-7-10)14(17)12-5-3-4-11(2)13(12)15/h10-13H,3-9,15H2,1-2H3. The fraction of sp³-hybridized carbons (Fsp3) is 0.929. The van der Waals surface area contributed by atoms with Gasteiger partial charge in [0.25, 0.3) is 0 Å². The first-order chi connectivity index (χ1) is 8.09. The summed E-state index contributed by atoms with van der Waals surface area (Å²) in [6.45, 7) is 6.34. The first-order valence-electron chi connectivity index (χ1n) is 7.14. The number of piperidine rings is 1. The van der Waals surface area contributed by atoms with E-state index in [0.29, 0.717) is 11.8 Å². The molecule has 1 aliphatic carbocycles. The summed E-state index contributed by atoms with van der Waals surface area (Å²) in [5.74, 6) is 1.70. The van der Waals surface area contributed by atoms with Gasteiger partial charge in [-0.15, -0.1) is 0 Å². The van der Waals surface area contributed by atoms with Gasteiger partial charge in [-0.25, -0.2) is 0 Å². The van der Waals surface area contributed by atoms with Gasteiger partial charge in [0.15, 0.2) is 0 Å². The van der Waals surface area contributed by atoms with Gasteiger partial charge in [0, 0.05) is 19.1 Å². The molecule has 2 fully saturated rings. The highest BCUT2D eigenvalue weighted by atomic mass is 16.2. The van der Waals surface area contributed by atoms with E-state index in [1.54, 1.807) is 0 Å². The minimum Gasteiger partial charge on any atom is -0.342 e. The van der Waals surface area contributed by atoms with Gasteiger partial charge in [-0.05, 0) is 37.5 Å². The number of rotatable bonds is 1. The normalized spacial score (nSPS) is 35.9. The van der Waals surface area contributed by atoms with E-state index in [2.05, 4.69) is 18.7 Å². The molecule has 1 saturated carbocycles. The number of carbonyl (C=O) groups excluding carboxylic acids is 1. The topological polar surface area (TPSA) is 46.3 Å². The van der Waals surface area contributed by atoms with E-state index >= 15 is 0 Å². The Morgan fingerprint density at radius 3 is 2.41 bits per heavy atom. The van der Waals surface area contributed by atoms with E-state index in [0.717, 1.165) is 44.7 Å². The van der Waals surface area contributed by atoms with Crippen LogP contribution < -0.4 is 5.73 Å². The molecule has 0 aromatic carbocycles. The molecular formula is C14H26N2O. The minimum absolute atomic E-state index is 0.0793. The number of hydrogen-bond acceptors (Lipinski definition) is 2. The Labute approximate surface area is 105 Å². The summed E-state index contributed by atoms with van der Waals surface area (Å²) in [6.07, 6.45) is 5.65. The van der Waals surface area contributed by atoms with Crippen LogP contribution in [0.4, 0.5) is 0 Å². The van der Waals surface area contributed by atoms with E-state index in [4.69, 9.17) is 5.73 Å². The van der Waals surface area contributed by atoms with Gasteiger partial charge >= 0.3 is 0 Å². The van der Waals surface area contributed by atoms with Crippen molar-refractivity contribution in [1.29, 1.82) is 0 Å². The van der Waals surface area contributed by atoms with Crippen molar-refractivity contribution in [2.45, 2.75) is 52.0 Å². The Balaban J connectivity index is 1.94. The zero-order valence-corrected chi connectivity index (χ0v) is 11.2. The van der Waals surface area contributed by atoms with Crippen LogP contribution in [-0.4, -0.2) is 29.9 Å². The van der Waals surface area contributed by atoms with E-state index < -0.39 is 0 Å². The maximum absolute atomic E-state index is 12.5. The van der Waals surface area contributed by atoms with Crippen molar-refractivity contribution in [2.24, 2.45) is 23.5 Å². The number of amides is 1. The molecule has 3 unspecified atom stereocenters. The monoisotopic (exact) mass is 238 g/mol. The van der Waals surface area contributed by atoms with Crippen LogP contribution >= 0.6 is 0 Å². The fourth-order valence-electron chi connectivity index (χ4n) is 3.19. The minimum atomic E-state index is 0.0793. The van der Waals surface area contributed by atoms with Crippen LogP contribution in [0.5, 0.6) is 0 Å². The lowest BCUT2D eigenvalue weighted by Gasteiger charge is -2.38. The fourth-order valence-corrected chi connectivity index (χ4v) is 3.19. The van der Waals surface area contributed by atoms with Gasteiger partial charge in [0.2, 0.25) is 5.91 Å². The van der Waals surface area contributed by atoms with Gasteiger partial charge in [-0.2, -0.15) is 0 Å². The molecule has 1 heterocycles. The first-order valence-corrected chi connectivity index (χ1v) is 7.14. The van der Waals surface area contributed by atoms with Crippen LogP contribution in [0.25, 0.3) is 0 Å². The summed E-state index contributed by atoms with van der Waals surface area (Å²) in [5.41, 5.74) is 6.21. The third-order valence-corrected chi connectivity index (χ3v) is 4.71. The van der Waals surface area contributed by atoms with Crippen LogP contribution in [0.3, 0.4) is 0 Å². The number of hydrogen-bond donors (Lipinski definition) is 1. The summed E-state index contributed by atoms with van der Waals surface area (Å²) in [5, 5.41) is 0. The zero-order valence-electron chi connectivity index (χ0n) is 11.2. The third-order valence-electron chi connectivity index (χ3n) is 4.71. The summed E-state index contributed by atoms with van der Waals surface area (Å²) < 4.78 is 0. The van der Waals surface area contributed by atoms with Crippen molar-refractivity contribution in [3.63, 3.8) is 0 Å². The molecule has 2 N–H and O–H groups in total. The van der Waals surface area contributed by atoms with Gasteiger partial charge in [-0.1, -0.05) is 20.3 Å². The molecule has 17 heavy (non-hydrogen) atoms. The molecule has 3 nitrogen and oxygen atoms in total. The predicted octanol–water partition coefficient (Wildman–Crippen LogP) is 2.01. The second-order valence-electron chi connectivity index (χ2n) is 6.10. The van der Waals surface area contributed by atoms with E-state index in [1.165, 1.54) is 6.42 Å². The van der Waals surface area contributed by atoms with E-state index in [9.17, 15) is 4.79 Å². The highest BCUT2D eigenvalue weighted by Gasteiger charge is 2.35. The molecule has 0 spiro atoms. The quantitative estimate of drug-likeness (QED) is 0.759. The van der Waals surface area contributed by atoms with Gasteiger partial charge in [0.1, 0.15) is 0 Å². The summed E-state index contributed by atoms with van der Waals surface area (Å²) in [6, 6.07) is 0.0793. The molecule has 98 valence electrons. The molecule has 3 atom stereocenters. The zero-order chi connectivity index (χ0) is 12.4. The highest BCUT2D eigenvalue weighted by molar-refractivity contribution is 5.79. The van der Waals surface area contributed by atoms with Gasteiger partial charge in [-0.3, -0.25) is 4.79 Å². The molecule has 1 aliphatic heterocycles. The average molecular weight is 238 g/mol. The summed E-state index contributed by atoms with van der Waals surface area (Å²) >= 11 is 0. The Kier molecular flexibility index (Phi) is 4.08. The van der Waals surface area contributed by atoms with Crippen molar-refractivity contribution < 1.29 is 4.79 Å². The maximum Gasteiger partial charge on any atom is 0.227 e. The Morgan fingerprint density at radius 1 is 1.12 bits per heavy atom. The Hall–Kier alpha value is -0.570. The lowest BCUT2D eigenvalue weighted by atomic mass is 9.77. The maximum atomic E-state index is 12.5. The molecule has 1 saturated heterocycles. The number of nitrogens with zero attached hydrogens (tertiary/aromatic N) is 1. The number of carbonyl (C=O) groups is 1. The molecule has 2 aliphatic rings. The van der Waals surface area contributed by atoms with Crippen LogP contribution in [0.15, 0.2) is 0 Å². The molecule has 0 radical (unpaired) electrons. The predicted molar refractivity (Wildman–Crippen MR) is 69.5 cm³/mol. The Morgan fingerprint density at radius 2 is 1.76 bits per heavy atom. The van der Waals surface area contributed by atoms with Crippen LogP contribution in [0.1, 0.15) is 46.0 Å². The van der Waals surface area contributed by atoms with Crippen molar-refractivity contribution in [3.8, 4) is 0 Å². The van der Waals surface area contributed by atoms with Crippen LogP contribution in [0.2, 0.25) is 0 Å². The van der Waals surface area contributed by atoms with Crippen molar-refractivity contribution in [2.75, 3.05) is 13.1 Å². The third kappa shape index (κ3) is 2.82. The second kappa shape index (κ2) is 5.38. The number of likely N-dealkylation sites (tertiary alicyclic amines) is 1. The van der Waals surface area contributed by atoms with Crippen LogP contribution in [0, 0.1) is 17.8 Å². The van der Waals surface area contributed by atoms with Crippen molar-refractivity contribution in [1.82, 2.24) is 4.90 Å². The molecule has 1 amide bonds. The van der Waals surface area contributed by atoms with Crippen LogP contribution in [-0.2, 0) is 4.79 Å². The largest absolute Gasteiger partial charge is 0.342 e. The summed E-state index contributed by atoms with van der Waals surface area (Å²) in [4.78, 5) is 14.5. The Bertz CT molecular complexity index is 271. The smallest absolute Gasteiger partial charge is 0.227 e. The molecular weight excluding hydrogens is 212 g/mol. The highest BCUT2D eigenvalue weighted by Crippen LogP contribution is 2.30. The molecule has 0 aromatic heterocycles. The SMILES string of the molecule is CC1CCN(C(=O)C2CCCC(C)C2N)CC1. The summed E-state index contributed by atoms with van der Waals surface area (Å²) in [7, 11) is 0. The molecule has 0 aromatic rings. The van der Waals surface area contributed by atoms with Crippen molar-refractivity contribution >= 4 is 5.91 Å². The first kappa shape index (κ1) is 12.9. The molecule has 3 heteroatoms. The van der Waals surface area contributed by atoms with E-state index in [-0.39, 0.29) is 12.0 Å². The average Bonchev–Trinajstić information content (AvgIpc) is 2.33. The lowest BCUT2D eigenvalue weighted by Crippen LogP contribution is -2.50. The van der Waals surface area contributed by atoms with Gasteiger partial charge in [0.05, 0.1) is 5.92 Å².